The first-order valence-corrected chi connectivity index (χ1v) is 6.90. The molecule has 0 bridgehead atoms. The first kappa shape index (κ1) is 11.8. The van der Waals surface area contributed by atoms with Crippen LogP contribution >= 0.6 is 0 Å². The third-order valence-corrected chi connectivity index (χ3v) is 4.24. The molecule has 1 fully saturated rings. The summed E-state index contributed by atoms with van der Waals surface area (Å²) in [6, 6.07) is 9.92. The standard InChI is InChI=1S/C16H20O2/c1-11-6-8-12(9-7-11)16(17)15-10-13-4-2-3-5-14(13)18-15/h2-5,10-12,16-17H,6-9H2,1H3. The second kappa shape index (κ2) is 4.77. The van der Waals surface area contributed by atoms with Crippen LogP contribution in [0.1, 0.15) is 44.5 Å². The summed E-state index contributed by atoms with van der Waals surface area (Å²) >= 11 is 0. The average Bonchev–Trinajstić information content (AvgIpc) is 2.82. The zero-order valence-corrected chi connectivity index (χ0v) is 10.8. The average molecular weight is 244 g/mol. The lowest BCUT2D eigenvalue weighted by Crippen LogP contribution is -2.18. The molecular formula is C16H20O2. The molecular weight excluding hydrogens is 224 g/mol. The predicted octanol–water partition coefficient (Wildman–Crippen LogP) is 4.29. The highest BCUT2D eigenvalue weighted by molar-refractivity contribution is 5.77. The van der Waals surface area contributed by atoms with E-state index in [9.17, 15) is 5.11 Å². The van der Waals surface area contributed by atoms with E-state index in [1.54, 1.807) is 0 Å². The summed E-state index contributed by atoms with van der Waals surface area (Å²) in [6.45, 7) is 2.30. The first-order valence-electron chi connectivity index (χ1n) is 6.90. The number of furan rings is 1. The lowest BCUT2D eigenvalue weighted by atomic mass is 9.79. The van der Waals surface area contributed by atoms with Crippen molar-refractivity contribution in [3.63, 3.8) is 0 Å². The summed E-state index contributed by atoms with van der Waals surface area (Å²) in [5.74, 6) is 1.90. The monoisotopic (exact) mass is 244 g/mol. The van der Waals surface area contributed by atoms with Crippen molar-refractivity contribution < 1.29 is 9.52 Å². The maximum atomic E-state index is 10.4. The van der Waals surface area contributed by atoms with Crippen molar-refractivity contribution in [1.29, 1.82) is 0 Å². The second-order valence-electron chi connectivity index (χ2n) is 5.65. The molecule has 1 saturated carbocycles. The Hall–Kier alpha value is -1.28. The predicted molar refractivity (Wildman–Crippen MR) is 72.3 cm³/mol. The molecule has 2 aromatic rings. The summed E-state index contributed by atoms with van der Waals surface area (Å²) in [6.07, 6.45) is 4.23. The van der Waals surface area contributed by atoms with Gasteiger partial charge in [-0.1, -0.05) is 38.0 Å². The van der Waals surface area contributed by atoms with Gasteiger partial charge in [-0.3, -0.25) is 0 Å². The van der Waals surface area contributed by atoms with Crippen LogP contribution in [-0.4, -0.2) is 5.11 Å². The second-order valence-corrected chi connectivity index (χ2v) is 5.65. The minimum absolute atomic E-state index is 0.363. The SMILES string of the molecule is CC1CCC(C(O)c2cc3ccccc3o2)CC1. The van der Waals surface area contributed by atoms with Gasteiger partial charge in [0.2, 0.25) is 0 Å². The van der Waals surface area contributed by atoms with Crippen LogP contribution in [0.15, 0.2) is 34.7 Å². The van der Waals surface area contributed by atoms with Crippen LogP contribution in [0.25, 0.3) is 11.0 Å². The van der Waals surface area contributed by atoms with Crippen LogP contribution in [0.3, 0.4) is 0 Å². The van der Waals surface area contributed by atoms with Gasteiger partial charge in [-0.15, -0.1) is 0 Å². The summed E-state index contributed by atoms with van der Waals surface area (Å²) in [7, 11) is 0. The molecule has 1 aromatic carbocycles. The Labute approximate surface area is 108 Å². The van der Waals surface area contributed by atoms with Gasteiger partial charge in [0.15, 0.2) is 0 Å². The van der Waals surface area contributed by atoms with E-state index >= 15 is 0 Å². The fourth-order valence-corrected chi connectivity index (χ4v) is 2.98. The van der Waals surface area contributed by atoms with E-state index < -0.39 is 6.10 Å². The lowest BCUT2D eigenvalue weighted by molar-refractivity contribution is 0.0588. The van der Waals surface area contributed by atoms with Gasteiger partial charge in [0.1, 0.15) is 17.4 Å². The van der Waals surface area contributed by atoms with Crippen molar-refractivity contribution in [3.05, 3.63) is 36.1 Å². The summed E-state index contributed by atoms with van der Waals surface area (Å²) in [4.78, 5) is 0. The minimum atomic E-state index is -0.440. The summed E-state index contributed by atoms with van der Waals surface area (Å²) < 4.78 is 5.76. The summed E-state index contributed by atoms with van der Waals surface area (Å²) in [5.41, 5.74) is 0.871. The van der Waals surface area contributed by atoms with E-state index in [4.69, 9.17) is 4.42 Å². The topological polar surface area (TPSA) is 33.4 Å². The number of hydrogen-bond donors (Lipinski definition) is 1. The van der Waals surface area contributed by atoms with Crippen molar-refractivity contribution in [3.8, 4) is 0 Å². The van der Waals surface area contributed by atoms with Gasteiger partial charge in [0.25, 0.3) is 0 Å². The van der Waals surface area contributed by atoms with E-state index in [0.717, 1.165) is 35.5 Å². The van der Waals surface area contributed by atoms with Gasteiger partial charge in [-0.2, -0.15) is 0 Å². The molecule has 2 nitrogen and oxygen atoms in total. The van der Waals surface area contributed by atoms with Crippen molar-refractivity contribution in [2.24, 2.45) is 11.8 Å². The fourth-order valence-electron chi connectivity index (χ4n) is 2.98. The molecule has 1 unspecified atom stereocenters. The Morgan fingerprint density at radius 2 is 1.89 bits per heavy atom. The number of benzene rings is 1. The molecule has 0 aliphatic heterocycles. The zero-order valence-electron chi connectivity index (χ0n) is 10.8. The molecule has 3 rings (SSSR count). The minimum Gasteiger partial charge on any atom is -0.458 e. The molecule has 2 heteroatoms. The molecule has 1 aliphatic rings. The molecule has 0 amide bonds. The molecule has 96 valence electrons. The highest BCUT2D eigenvalue weighted by atomic mass is 16.4. The number of para-hydroxylation sites is 1. The first-order chi connectivity index (χ1) is 8.74. The van der Waals surface area contributed by atoms with Gasteiger partial charge >= 0.3 is 0 Å². The van der Waals surface area contributed by atoms with E-state index in [0.29, 0.717) is 5.92 Å². The Balaban J connectivity index is 1.81. The van der Waals surface area contributed by atoms with Crippen LogP contribution in [0, 0.1) is 11.8 Å². The Kier molecular flexibility index (Phi) is 3.13. The molecule has 1 N–H and O–H groups in total. The molecule has 0 radical (unpaired) electrons. The highest BCUT2D eigenvalue weighted by Crippen LogP contribution is 2.38. The van der Waals surface area contributed by atoms with Crippen molar-refractivity contribution in [2.45, 2.75) is 38.7 Å². The normalized spacial score (nSPS) is 26.3. The number of rotatable bonds is 2. The molecule has 1 heterocycles. The molecule has 1 atom stereocenters. The Morgan fingerprint density at radius 1 is 1.17 bits per heavy atom. The zero-order chi connectivity index (χ0) is 12.5. The van der Waals surface area contributed by atoms with E-state index in [1.807, 2.05) is 30.3 Å². The largest absolute Gasteiger partial charge is 0.458 e. The van der Waals surface area contributed by atoms with E-state index in [-0.39, 0.29) is 0 Å². The molecule has 1 aromatic heterocycles. The van der Waals surface area contributed by atoms with Crippen LogP contribution in [0.5, 0.6) is 0 Å². The Morgan fingerprint density at radius 3 is 2.61 bits per heavy atom. The molecule has 0 spiro atoms. The maximum Gasteiger partial charge on any atom is 0.134 e. The smallest absolute Gasteiger partial charge is 0.134 e. The van der Waals surface area contributed by atoms with Gasteiger partial charge in [0.05, 0.1) is 0 Å². The van der Waals surface area contributed by atoms with Gasteiger partial charge in [0, 0.05) is 5.39 Å². The summed E-state index contributed by atoms with van der Waals surface area (Å²) in [5, 5.41) is 11.5. The third kappa shape index (κ3) is 2.17. The lowest BCUT2D eigenvalue weighted by Gasteiger charge is -2.28. The van der Waals surface area contributed by atoms with Crippen LogP contribution in [-0.2, 0) is 0 Å². The maximum absolute atomic E-state index is 10.4. The van der Waals surface area contributed by atoms with Crippen molar-refractivity contribution >= 4 is 11.0 Å². The van der Waals surface area contributed by atoms with Crippen LogP contribution < -0.4 is 0 Å². The quantitative estimate of drug-likeness (QED) is 0.854. The third-order valence-electron chi connectivity index (χ3n) is 4.24. The van der Waals surface area contributed by atoms with Gasteiger partial charge in [-0.05, 0) is 36.8 Å². The van der Waals surface area contributed by atoms with E-state index in [1.165, 1.54) is 12.8 Å². The van der Waals surface area contributed by atoms with Gasteiger partial charge in [-0.25, -0.2) is 0 Å². The van der Waals surface area contributed by atoms with Crippen LogP contribution in [0.2, 0.25) is 0 Å². The molecule has 0 saturated heterocycles. The van der Waals surface area contributed by atoms with E-state index in [2.05, 4.69) is 6.92 Å². The number of aliphatic hydroxyl groups excluding tert-OH is 1. The van der Waals surface area contributed by atoms with Crippen LogP contribution in [0.4, 0.5) is 0 Å². The molecule has 18 heavy (non-hydrogen) atoms. The molecule has 1 aliphatic carbocycles. The number of aliphatic hydroxyl groups is 1. The number of fused-ring (bicyclic) bond motifs is 1. The van der Waals surface area contributed by atoms with Crippen molar-refractivity contribution in [2.75, 3.05) is 0 Å². The Bertz CT molecular complexity index is 488. The highest BCUT2D eigenvalue weighted by Gasteiger charge is 2.27. The number of hydrogen-bond acceptors (Lipinski definition) is 2. The van der Waals surface area contributed by atoms with Crippen molar-refractivity contribution in [1.82, 2.24) is 0 Å². The van der Waals surface area contributed by atoms with Gasteiger partial charge < -0.3 is 9.52 Å². The fraction of sp³-hybridized carbons (Fsp3) is 0.500.